The molecule has 0 bridgehead atoms. The van der Waals surface area contributed by atoms with Crippen LogP contribution in [0.3, 0.4) is 0 Å². The summed E-state index contributed by atoms with van der Waals surface area (Å²) in [5.74, 6) is -0.615. The van der Waals surface area contributed by atoms with Crippen molar-refractivity contribution in [1.29, 1.82) is 0 Å². The molecule has 0 saturated carbocycles. The average molecular weight is 459 g/mol. The predicted octanol–water partition coefficient (Wildman–Crippen LogP) is 5.41. The Bertz CT molecular complexity index is 1110. The predicted molar refractivity (Wildman–Crippen MR) is 133 cm³/mol. The molecule has 2 aromatic carbocycles. The van der Waals surface area contributed by atoms with Gasteiger partial charge in [0.05, 0.1) is 17.8 Å². The fourth-order valence-corrected chi connectivity index (χ4v) is 4.06. The zero-order valence-corrected chi connectivity index (χ0v) is 19.7. The molecule has 7 nitrogen and oxygen atoms in total. The Labute approximate surface area is 200 Å². The van der Waals surface area contributed by atoms with Gasteiger partial charge >= 0.3 is 6.09 Å². The Hall–Kier alpha value is -3.87. The number of anilines is 3. The van der Waals surface area contributed by atoms with Crippen molar-refractivity contribution in [3.05, 3.63) is 84.7 Å². The quantitative estimate of drug-likeness (QED) is 0.534. The number of hydrogen-bond acceptors (Lipinski definition) is 5. The fourth-order valence-electron chi connectivity index (χ4n) is 4.06. The van der Waals surface area contributed by atoms with Gasteiger partial charge in [0.2, 0.25) is 5.91 Å². The highest BCUT2D eigenvalue weighted by atomic mass is 16.6. The molecule has 1 fully saturated rings. The van der Waals surface area contributed by atoms with E-state index >= 15 is 0 Å². The lowest BCUT2D eigenvalue weighted by Crippen LogP contribution is -2.36. The fraction of sp³-hybridized carbons (Fsp3) is 0.296. The van der Waals surface area contributed by atoms with Crippen LogP contribution in [0.2, 0.25) is 0 Å². The number of hydrogen-bond donors (Lipinski definition) is 2. The molecular weight excluding hydrogens is 428 g/mol. The number of aromatic nitrogens is 1. The van der Waals surface area contributed by atoms with Crippen LogP contribution in [0.1, 0.15) is 32.3 Å². The number of carbonyl (C=O) groups is 2. The van der Waals surface area contributed by atoms with E-state index in [1.165, 1.54) is 0 Å². The van der Waals surface area contributed by atoms with Crippen molar-refractivity contribution < 1.29 is 14.3 Å². The number of amides is 2. The number of carbonyl (C=O) groups excluding carboxylic acids is 2. The Kier molecular flexibility index (Phi) is 6.82. The molecule has 34 heavy (non-hydrogen) atoms. The summed E-state index contributed by atoms with van der Waals surface area (Å²) in [6.45, 7) is 6.26. The van der Waals surface area contributed by atoms with E-state index in [2.05, 4.69) is 15.6 Å². The standard InChI is InChI=1S/C27H30N4O3/c1-27(2,3)34-26(33)31-17-23(19-8-5-4-6-9-19)24(18-31)25(32)30-21-13-11-20(12-14-21)29-22-10-7-15-28-16-22/h4-16,23-24,29H,17-18H2,1-3H3,(H,30,32)/t23-,24+/m0/s1. The lowest BCUT2D eigenvalue weighted by molar-refractivity contribution is -0.119. The number of benzene rings is 2. The van der Waals surface area contributed by atoms with Crippen molar-refractivity contribution in [1.82, 2.24) is 9.88 Å². The number of nitrogens with zero attached hydrogens (tertiary/aromatic N) is 2. The van der Waals surface area contributed by atoms with E-state index in [0.29, 0.717) is 18.8 Å². The molecule has 1 aliphatic heterocycles. The minimum absolute atomic E-state index is 0.111. The number of pyridine rings is 1. The summed E-state index contributed by atoms with van der Waals surface area (Å²) < 4.78 is 5.56. The minimum Gasteiger partial charge on any atom is -0.444 e. The van der Waals surface area contributed by atoms with E-state index in [1.54, 1.807) is 17.3 Å². The highest BCUT2D eigenvalue weighted by Gasteiger charge is 2.41. The van der Waals surface area contributed by atoms with E-state index in [4.69, 9.17) is 4.74 Å². The SMILES string of the molecule is CC(C)(C)OC(=O)N1C[C@@H](C(=O)Nc2ccc(Nc3cccnc3)cc2)[C@H](c2ccccc2)C1. The second-order valence-corrected chi connectivity index (χ2v) is 9.44. The molecule has 2 amide bonds. The molecule has 2 heterocycles. The van der Waals surface area contributed by atoms with Crippen LogP contribution in [-0.2, 0) is 9.53 Å². The molecule has 0 aliphatic carbocycles. The summed E-state index contributed by atoms with van der Waals surface area (Å²) in [6, 6.07) is 21.2. The molecule has 3 aromatic rings. The third-order valence-corrected chi connectivity index (χ3v) is 5.64. The molecule has 1 saturated heterocycles. The number of ether oxygens (including phenoxy) is 1. The summed E-state index contributed by atoms with van der Waals surface area (Å²) in [6.07, 6.45) is 3.07. The molecule has 4 rings (SSSR count). The Morgan fingerprint density at radius 2 is 1.62 bits per heavy atom. The van der Waals surface area contributed by atoms with Crippen LogP contribution in [0.4, 0.5) is 21.9 Å². The lowest BCUT2D eigenvalue weighted by Gasteiger charge is -2.24. The molecule has 0 radical (unpaired) electrons. The van der Waals surface area contributed by atoms with Gasteiger partial charge in [-0.3, -0.25) is 9.78 Å². The molecule has 0 unspecified atom stereocenters. The van der Waals surface area contributed by atoms with Crippen LogP contribution >= 0.6 is 0 Å². The molecule has 1 aromatic heterocycles. The van der Waals surface area contributed by atoms with Crippen LogP contribution < -0.4 is 10.6 Å². The molecule has 2 atom stereocenters. The van der Waals surface area contributed by atoms with Crippen LogP contribution in [0, 0.1) is 5.92 Å². The Morgan fingerprint density at radius 1 is 0.912 bits per heavy atom. The lowest BCUT2D eigenvalue weighted by atomic mass is 9.88. The van der Waals surface area contributed by atoms with Gasteiger partial charge in [0.25, 0.3) is 0 Å². The van der Waals surface area contributed by atoms with Gasteiger partial charge in [0.1, 0.15) is 5.60 Å². The van der Waals surface area contributed by atoms with Gasteiger partial charge in [-0.05, 0) is 62.7 Å². The van der Waals surface area contributed by atoms with E-state index in [-0.39, 0.29) is 17.7 Å². The molecule has 7 heteroatoms. The zero-order valence-electron chi connectivity index (χ0n) is 19.7. The second kappa shape index (κ2) is 9.95. The van der Waals surface area contributed by atoms with Gasteiger partial charge in [-0.2, -0.15) is 0 Å². The van der Waals surface area contributed by atoms with Gasteiger partial charge in [-0.1, -0.05) is 30.3 Å². The number of nitrogens with one attached hydrogen (secondary N) is 2. The average Bonchev–Trinajstić information content (AvgIpc) is 3.27. The van der Waals surface area contributed by atoms with E-state index in [9.17, 15) is 9.59 Å². The second-order valence-electron chi connectivity index (χ2n) is 9.44. The first kappa shape index (κ1) is 23.3. The normalized spacial score (nSPS) is 17.8. The first-order valence-corrected chi connectivity index (χ1v) is 11.4. The third-order valence-electron chi connectivity index (χ3n) is 5.64. The maximum absolute atomic E-state index is 13.3. The van der Waals surface area contributed by atoms with Crippen LogP contribution in [0.15, 0.2) is 79.1 Å². The van der Waals surface area contributed by atoms with Crippen LogP contribution in [-0.4, -0.2) is 40.6 Å². The number of likely N-dealkylation sites (tertiary alicyclic amines) is 1. The highest BCUT2D eigenvalue weighted by molar-refractivity contribution is 5.94. The molecule has 176 valence electrons. The molecular formula is C27H30N4O3. The maximum atomic E-state index is 13.3. The van der Waals surface area contributed by atoms with Crippen molar-refractivity contribution in [2.75, 3.05) is 23.7 Å². The van der Waals surface area contributed by atoms with Gasteiger partial charge in [0, 0.05) is 36.6 Å². The van der Waals surface area contributed by atoms with Crippen LogP contribution in [0.5, 0.6) is 0 Å². The van der Waals surface area contributed by atoms with Crippen LogP contribution in [0.25, 0.3) is 0 Å². The topological polar surface area (TPSA) is 83.6 Å². The van der Waals surface area contributed by atoms with Crippen molar-refractivity contribution in [3.63, 3.8) is 0 Å². The van der Waals surface area contributed by atoms with E-state index < -0.39 is 11.7 Å². The monoisotopic (exact) mass is 458 g/mol. The maximum Gasteiger partial charge on any atom is 0.410 e. The van der Waals surface area contributed by atoms with E-state index in [1.807, 2.05) is 87.5 Å². The largest absolute Gasteiger partial charge is 0.444 e. The smallest absolute Gasteiger partial charge is 0.410 e. The van der Waals surface area contributed by atoms with E-state index in [0.717, 1.165) is 16.9 Å². The Balaban J connectivity index is 1.46. The summed E-state index contributed by atoms with van der Waals surface area (Å²) >= 11 is 0. The summed E-state index contributed by atoms with van der Waals surface area (Å²) in [5, 5.41) is 6.30. The van der Waals surface area contributed by atoms with Gasteiger partial charge in [-0.25, -0.2) is 4.79 Å². The first-order chi connectivity index (χ1) is 16.3. The minimum atomic E-state index is -0.592. The molecule has 2 N–H and O–H groups in total. The summed E-state index contributed by atoms with van der Waals surface area (Å²) in [5.41, 5.74) is 2.92. The van der Waals surface area contributed by atoms with Crippen molar-refractivity contribution in [3.8, 4) is 0 Å². The van der Waals surface area contributed by atoms with Gasteiger partial charge in [0.15, 0.2) is 0 Å². The van der Waals surface area contributed by atoms with Crippen molar-refractivity contribution in [2.24, 2.45) is 5.92 Å². The molecule has 1 aliphatic rings. The first-order valence-electron chi connectivity index (χ1n) is 11.4. The summed E-state index contributed by atoms with van der Waals surface area (Å²) in [4.78, 5) is 31.8. The van der Waals surface area contributed by atoms with Crippen molar-refractivity contribution in [2.45, 2.75) is 32.3 Å². The zero-order chi connectivity index (χ0) is 24.1. The highest BCUT2D eigenvalue weighted by Crippen LogP contribution is 2.34. The summed E-state index contributed by atoms with van der Waals surface area (Å²) in [7, 11) is 0. The van der Waals surface area contributed by atoms with Gasteiger partial charge in [-0.15, -0.1) is 0 Å². The van der Waals surface area contributed by atoms with Gasteiger partial charge < -0.3 is 20.3 Å². The third kappa shape index (κ3) is 5.92. The molecule has 0 spiro atoms. The van der Waals surface area contributed by atoms with Crippen molar-refractivity contribution >= 4 is 29.1 Å². The number of rotatable bonds is 5. The Morgan fingerprint density at radius 3 is 2.26 bits per heavy atom.